The number of ether oxygens (including phenoxy) is 2. The monoisotopic (exact) mass is 374 g/mol. The highest BCUT2D eigenvalue weighted by Crippen LogP contribution is 2.26. The lowest BCUT2D eigenvalue weighted by Gasteiger charge is -2.17. The van der Waals surface area contributed by atoms with Crippen molar-refractivity contribution in [2.45, 2.75) is 12.5 Å². The molecule has 0 bridgehead atoms. The summed E-state index contributed by atoms with van der Waals surface area (Å²) in [6, 6.07) is 13.9. The van der Waals surface area contributed by atoms with Crippen LogP contribution >= 0.6 is 11.6 Å². The van der Waals surface area contributed by atoms with Gasteiger partial charge in [-0.05, 0) is 36.4 Å². The van der Waals surface area contributed by atoms with Gasteiger partial charge in [-0.1, -0.05) is 23.7 Å². The van der Waals surface area contributed by atoms with Crippen LogP contribution in [-0.4, -0.2) is 38.1 Å². The number of nitrogens with one attached hydrogen (secondary N) is 1. The van der Waals surface area contributed by atoms with Gasteiger partial charge >= 0.3 is 0 Å². The lowest BCUT2D eigenvalue weighted by molar-refractivity contribution is -0.123. The van der Waals surface area contributed by atoms with Crippen molar-refractivity contribution in [1.29, 1.82) is 0 Å². The zero-order chi connectivity index (χ0) is 18.5. The second kappa shape index (κ2) is 8.10. The maximum absolute atomic E-state index is 12.2. The second-order valence-corrected chi connectivity index (χ2v) is 6.33. The van der Waals surface area contributed by atoms with Gasteiger partial charge in [0, 0.05) is 23.7 Å². The fourth-order valence-corrected chi connectivity index (χ4v) is 2.95. The average molecular weight is 375 g/mol. The van der Waals surface area contributed by atoms with Crippen LogP contribution in [0.3, 0.4) is 0 Å². The fourth-order valence-electron chi connectivity index (χ4n) is 2.83. The van der Waals surface area contributed by atoms with Gasteiger partial charge in [-0.3, -0.25) is 9.59 Å². The Morgan fingerprint density at radius 2 is 1.88 bits per heavy atom. The number of carbonyl (C=O) groups is 2. The molecule has 1 saturated heterocycles. The molecule has 0 unspecified atom stereocenters. The molecular weight excluding hydrogens is 356 g/mol. The Hall–Kier alpha value is -2.73. The highest BCUT2D eigenvalue weighted by Gasteiger charge is 2.31. The van der Waals surface area contributed by atoms with E-state index >= 15 is 0 Å². The standard InChI is InChI=1S/C19H19ClN2O4/c1-25-16-4-2-3-5-17(16)26-12-18(23)21-14-10-19(24)22(11-14)15-8-6-13(20)7-9-15/h2-9,14H,10-12H2,1H3,(H,21,23)/t14-/m0/s1. The summed E-state index contributed by atoms with van der Waals surface area (Å²) in [5.74, 6) is 0.732. The van der Waals surface area contributed by atoms with Crippen LogP contribution in [0.2, 0.25) is 5.02 Å². The van der Waals surface area contributed by atoms with E-state index in [0.717, 1.165) is 5.69 Å². The zero-order valence-corrected chi connectivity index (χ0v) is 15.0. The quantitative estimate of drug-likeness (QED) is 0.844. The van der Waals surface area contributed by atoms with Crippen LogP contribution < -0.4 is 19.7 Å². The first kappa shape index (κ1) is 18.1. The summed E-state index contributed by atoms with van der Waals surface area (Å²) in [6.45, 7) is 0.271. The van der Waals surface area contributed by atoms with Crippen molar-refractivity contribution in [2.75, 3.05) is 25.2 Å². The number of nitrogens with zero attached hydrogens (tertiary/aromatic N) is 1. The van der Waals surface area contributed by atoms with E-state index < -0.39 is 0 Å². The third-order valence-corrected chi connectivity index (χ3v) is 4.31. The predicted molar refractivity (Wildman–Crippen MR) is 98.8 cm³/mol. The average Bonchev–Trinajstić information content (AvgIpc) is 3.01. The number of para-hydroxylation sites is 2. The molecular formula is C19H19ClN2O4. The third-order valence-electron chi connectivity index (χ3n) is 4.06. The first-order chi connectivity index (χ1) is 12.6. The summed E-state index contributed by atoms with van der Waals surface area (Å²) in [5.41, 5.74) is 0.765. The molecule has 26 heavy (non-hydrogen) atoms. The molecule has 1 N–H and O–H groups in total. The number of halogens is 1. The van der Waals surface area contributed by atoms with Crippen molar-refractivity contribution in [3.8, 4) is 11.5 Å². The summed E-state index contributed by atoms with van der Waals surface area (Å²) in [6.07, 6.45) is 0.253. The SMILES string of the molecule is COc1ccccc1OCC(=O)N[C@H]1CC(=O)N(c2ccc(Cl)cc2)C1. The molecule has 1 aliphatic rings. The molecule has 0 aliphatic carbocycles. The number of methoxy groups -OCH3 is 1. The van der Waals surface area contributed by atoms with Gasteiger partial charge in [0.25, 0.3) is 5.91 Å². The van der Waals surface area contributed by atoms with E-state index in [1.54, 1.807) is 47.4 Å². The number of amides is 2. The predicted octanol–water partition coefficient (Wildman–Crippen LogP) is 2.65. The molecule has 1 atom stereocenters. The van der Waals surface area contributed by atoms with Gasteiger partial charge in [-0.15, -0.1) is 0 Å². The molecule has 0 saturated carbocycles. The molecule has 0 radical (unpaired) electrons. The largest absolute Gasteiger partial charge is 0.493 e. The second-order valence-electron chi connectivity index (χ2n) is 5.89. The van der Waals surface area contributed by atoms with Gasteiger partial charge in [-0.25, -0.2) is 0 Å². The number of rotatable bonds is 6. The van der Waals surface area contributed by atoms with Gasteiger partial charge in [0.1, 0.15) is 0 Å². The number of hydrogen-bond donors (Lipinski definition) is 1. The molecule has 0 aromatic heterocycles. The highest BCUT2D eigenvalue weighted by atomic mass is 35.5. The van der Waals surface area contributed by atoms with E-state index in [1.165, 1.54) is 7.11 Å². The summed E-state index contributed by atoms with van der Waals surface area (Å²) in [5, 5.41) is 3.44. The maximum atomic E-state index is 12.2. The van der Waals surface area contributed by atoms with E-state index in [1.807, 2.05) is 6.07 Å². The molecule has 0 spiro atoms. The Bertz CT molecular complexity index is 794. The Morgan fingerprint density at radius 3 is 2.58 bits per heavy atom. The van der Waals surface area contributed by atoms with E-state index in [-0.39, 0.29) is 30.9 Å². The summed E-state index contributed by atoms with van der Waals surface area (Å²) in [4.78, 5) is 26.0. The molecule has 2 aromatic rings. The summed E-state index contributed by atoms with van der Waals surface area (Å²) in [7, 11) is 1.54. The molecule has 6 nitrogen and oxygen atoms in total. The Morgan fingerprint density at radius 1 is 1.19 bits per heavy atom. The first-order valence-electron chi connectivity index (χ1n) is 8.18. The van der Waals surface area contributed by atoms with Crippen molar-refractivity contribution < 1.29 is 19.1 Å². The Labute approximate surface area is 156 Å². The third kappa shape index (κ3) is 4.26. The number of carbonyl (C=O) groups excluding carboxylic acids is 2. The van der Waals surface area contributed by atoms with Gasteiger partial charge in [0.15, 0.2) is 18.1 Å². The number of hydrogen-bond acceptors (Lipinski definition) is 4. The molecule has 1 aliphatic heterocycles. The molecule has 136 valence electrons. The minimum absolute atomic E-state index is 0.0386. The normalized spacial score (nSPS) is 16.5. The van der Waals surface area contributed by atoms with Crippen molar-refractivity contribution in [3.05, 3.63) is 53.6 Å². The van der Waals surface area contributed by atoms with Crippen molar-refractivity contribution >= 4 is 29.1 Å². The van der Waals surface area contributed by atoms with Gasteiger partial charge in [0.05, 0.1) is 13.2 Å². The Balaban J connectivity index is 1.53. The zero-order valence-electron chi connectivity index (χ0n) is 14.3. The summed E-state index contributed by atoms with van der Waals surface area (Å²) >= 11 is 5.88. The molecule has 7 heteroatoms. The van der Waals surface area contributed by atoms with E-state index in [0.29, 0.717) is 23.1 Å². The summed E-state index contributed by atoms with van der Waals surface area (Å²) < 4.78 is 10.7. The smallest absolute Gasteiger partial charge is 0.258 e. The van der Waals surface area contributed by atoms with Crippen LogP contribution in [0.4, 0.5) is 5.69 Å². The lowest BCUT2D eigenvalue weighted by Crippen LogP contribution is -2.39. The highest BCUT2D eigenvalue weighted by molar-refractivity contribution is 6.30. The minimum atomic E-state index is -0.285. The lowest BCUT2D eigenvalue weighted by atomic mass is 10.2. The molecule has 2 amide bonds. The van der Waals surface area contributed by atoms with Crippen LogP contribution in [-0.2, 0) is 9.59 Å². The number of anilines is 1. The van der Waals surface area contributed by atoms with Crippen LogP contribution in [0.25, 0.3) is 0 Å². The van der Waals surface area contributed by atoms with Crippen molar-refractivity contribution in [1.82, 2.24) is 5.32 Å². The topological polar surface area (TPSA) is 67.9 Å². The number of benzene rings is 2. The van der Waals surface area contributed by atoms with Gasteiger partial charge in [-0.2, -0.15) is 0 Å². The van der Waals surface area contributed by atoms with E-state index in [9.17, 15) is 9.59 Å². The fraction of sp³-hybridized carbons (Fsp3) is 0.263. The molecule has 3 rings (SSSR count). The van der Waals surface area contributed by atoms with Crippen molar-refractivity contribution in [3.63, 3.8) is 0 Å². The van der Waals surface area contributed by atoms with Crippen molar-refractivity contribution in [2.24, 2.45) is 0 Å². The van der Waals surface area contributed by atoms with Crippen LogP contribution in [0.1, 0.15) is 6.42 Å². The van der Waals surface area contributed by atoms with E-state index in [4.69, 9.17) is 21.1 Å². The maximum Gasteiger partial charge on any atom is 0.258 e. The molecule has 1 heterocycles. The van der Waals surface area contributed by atoms with Crippen LogP contribution in [0.15, 0.2) is 48.5 Å². The van der Waals surface area contributed by atoms with Crippen LogP contribution in [0.5, 0.6) is 11.5 Å². The van der Waals surface area contributed by atoms with Gasteiger partial charge in [0.2, 0.25) is 5.91 Å². The van der Waals surface area contributed by atoms with Crippen LogP contribution in [0, 0.1) is 0 Å². The Kier molecular flexibility index (Phi) is 5.63. The van der Waals surface area contributed by atoms with Gasteiger partial charge < -0.3 is 19.7 Å². The first-order valence-corrected chi connectivity index (χ1v) is 8.55. The van der Waals surface area contributed by atoms with E-state index in [2.05, 4.69) is 5.32 Å². The molecule has 1 fully saturated rings. The minimum Gasteiger partial charge on any atom is -0.493 e. The molecule has 2 aromatic carbocycles.